The average molecular weight is 452 g/mol. The predicted molar refractivity (Wildman–Crippen MR) is 108 cm³/mol. The van der Waals surface area contributed by atoms with E-state index in [1.165, 1.54) is 12.1 Å². The van der Waals surface area contributed by atoms with Crippen LogP contribution in [0.1, 0.15) is 36.5 Å². The molecule has 2 aliphatic rings. The quantitative estimate of drug-likeness (QED) is 0.620. The number of ether oxygens (including phenoxy) is 2. The van der Waals surface area contributed by atoms with E-state index in [2.05, 4.69) is 26.9 Å². The molecule has 2 aromatic carbocycles. The molecule has 4 rings (SSSR count). The number of benzene rings is 2. The highest BCUT2D eigenvalue weighted by atomic mass is 79.9. The van der Waals surface area contributed by atoms with E-state index in [9.17, 15) is 8.78 Å². The lowest BCUT2D eigenvalue weighted by atomic mass is 9.98. The first kappa shape index (κ1) is 19.8. The van der Waals surface area contributed by atoms with Crippen LogP contribution in [-0.2, 0) is 4.74 Å². The van der Waals surface area contributed by atoms with E-state index in [1.54, 1.807) is 0 Å². The molecule has 0 aromatic heterocycles. The summed E-state index contributed by atoms with van der Waals surface area (Å²) < 4.78 is 40.6. The maximum absolute atomic E-state index is 14.0. The third kappa shape index (κ3) is 4.39. The van der Waals surface area contributed by atoms with E-state index in [4.69, 9.17) is 9.47 Å². The Balaban J connectivity index is 1.31. The summed E-state index contributed by atoms with van der Waals surface area (Å²) in [5.41, 5.74) is 1.44. The summed E-state index contributed by atoms with van der Waals surface area (Å²) in [7, 11) is 0. The van der Waals surface area contributed by atoms with Crippen LogP contribution in [-0.4, -0.2) is 36.7 Å². The highest BCUT2D eigenvalue weighted by molar-refractivity contribution is 9.10. The normalized spacial score (nSPS) is 25.8. The topological polar surface area (TPSA) is 21.7 Å². The fourth-order valence-corrected chi connectivity index (χ4v) is 4.61. The van der Waals surface area contributed by atoms with Crippen molar-refractivity contribution in [3.8, 4) is 5.75 Å². The minimum atomic E-state index is -0.426. The van der Waals surface area contributed by atoms with Gasteiger partial charge in [0.05, 0.1) is 12.7 Å². The van der Waals surface area contributed by atoms with Crippen LogP contribution in [0.25, 0.3) is 0 Å². The predicted octanol–water partition coefficient (Wildman–Crippen LogP) is 5.41. The lowest BCUT2D eigenvalue weighted by Crippen LogP contribution is -2.41. The fraction of sp³-hybridized carbons (Fsp3) is 0.455. The lowest BCUT2D eigenvalue weighted by molar-refractivity contribution is -0.0361. The van der Waals surface area contributed by atoms with Gasteiger partial charge in [0, 0.05) is 29.2 Å². The lowest BCUT2D eigenvalue weighted by Gasteiger charge is -2.35. The number of likely N-dealkylation sites (tertiary alicyclic amines) is 1. The molecule has 2 aliphatic heterocycles. The summed E-state index contributed by atoms with van der Waals surface area (Å²) in [6.07, 6.45) is 2.38. The van der Waals surface area contributed by atoms with Gasteiger partial charge >= 0.3 is 0 Å². The molecule has 2 fully saturated rings. The Morgan fingerprint density at radius 1 is 1.11 bits per heavy atom. The second-order valence-corrected chi connectivity index (χ2v) is 8.57. The largest absolute Gasteiger partial charge is 0.489 e. The zero-order valence-electron chi connectivity index (χ0n) is 15.8. The van der Waals surface area contributed by atoms with E-state index in [0.29, 0.717) is 24.6 Å². The standard InChI is InChI=1S/C22H24BrF2NO2/c1-14-10-15(23)2-6-21(14)28-18-8-9-26(12-18)17-4-7-22(27-13-17)19-11-16(24)3-5-20(19)25/h2-3,5-6,10-11,17-18,22H,4,7-9,12-13H2,1H3/t17-,18+,22-/m0/s1. The molecule has 2 saturated heterocycles. The summed E-state index contributed by atoms with van der Waals surface area (Å²) in [5.74, 6) is 0.103. The molecule has 6 heteroatoms. The van der Waals surface area contributed by atoms with Crippen LogP contribution in [0.3, 0.4) is 0 Å². The van der Waals surface area contributed by atoms with E-state index in [1.807, 2.05) is 19.1 Å². The van der Waals surface area contributed by atoms with Crippen LogP contribution in [0.5, 0.6) is 5.75 Å². The molecule has 150 valence electrons. The Kier molecular flexibility index (Phi) is 5.99. The van der Waals surface area contributed by atoms with Gasteiger partial charge in [-0.3, -0.25) is 4.90 Å². The first-order chi connectivity index (χ1) is 13.5. The van der Waals surface area contributed by atoms with Gasteiger partial charge in [-0.2, -0.15) is 0 Å². The van der Waals surface area contributed by atoms with Gasteiger partial charge in [-0.1, -0.05) is 15.9 Å². The SMILES string of the molecule is Cc1cc(Br)ccc1O[C@@H]1CCN([C@H]2CC[C@@H](c3cc(F)ccc3F)OC2)C1. The van der Waals surface area contributed by atoms with Crippen molar-refractivity contribution >= 4 is 15.9 Å². The summed E-state index contributed by atoms with van der Waals surface area (Å²) in [6, 6.07) is 9.92. The molecular weight excluding hydrogens is 428 g/mol. The molecule has 0 aliphatic carbocycles. The van der Waals surface area contributed by atoms with E-state index in [-0.39, 0.29) is 12.2 Å². The molecule has 2 aromatic rings. The Labute approximate surface area is 172 Å². The molecule has 0 amide bonds. The van der Waals surface area contributed by atoms with Crippen LogP contribution < -0.4 is 4.74 Å². The zero-order valence-corrected chi connectivity index (χ0v) is 17.4. The van der Waals surface area contributed by atoms with Gasteiger partial charge in [-0.05, 0) is 68.1 Å². The average Bonchev–Trinajstić information content (AvgIpc) is 3.15. The highest BCUT2D eigenvalue weighted by Crippen LogP contribution is 2.33. The molecule has 0 spiro atoms. The smallest absolute Gasteiger partial charge is 0.129 e. The van der Waals surface area contributed by atoms with Gasteiger partial charge in [-0.25, -0.2) is 8.78 Å². The Morgan fingerprint density at radius 2 is 1.96 bits per heavy atom. The van der Waals surface area contributed by atoms with Crippen molar-refractivity contribution in [3.63, 3.8) is 0 Å². The maximum atomic E-state index is 14.0. The van der Waals surface area contributed by atoms with Gasteiger partial charge in [0.1, 0.15) is 23.5 Å². The first-order valence-corrected chi connectivity index (χ1v) is 10.5. The third-order valence-electron chi connectivity index (χ3n) is 5.68. The second kappa shape index (κ2) is 8.47. The van der Waals surface area contributed by atoms with Crippen molar-refractivity contribution < 1.29 is 18.3 Å². The van der Waals surface area contributed by atoms with Crippen molar-refractivity contribution in [2.75, 3.05) is 19.7 Å². The van der Waals surface area contributed by atoms with Gasteiger partial charge in [0.25, 0.3) is 0 Å². The number of hydrogen-bond donors (Lipinski definition) is 0. The van der Waals surface area contributed by atoms with Crippen molar-refractivity contribution in [2.45, 2.75) is 44.4 Å². The molecule has 0 unspecified atom stereocenters. The number of nitrogens with zero attached hydrogens (tertiary/aromatic N) is 1. The van der Waals surface area contributed by atoms with E-state index in [0.717, 1.165) is 47.8 Å². The number of halogens is 3. The molecule has 28 heavy (non-hydrogen) atoms. The number of rotatable bonds is 4. The van der Waals surface area contributed by atoms with E-state index < -0.39 is 11.6 Å². The highest BCUT2D eigenvalue weighted by Gasteiger charge is 2.33. The summed E-state index contributed by atoms with van der Waals surface area (Å²) in [6.45, 7) is 4.41. The van der Waals surface area contributed by atoms with Gasteiger partial charge in [0.15, 0.2) is 0 Å². The first-order valence-electron chi connectivity index (χ1n) is 9.73. The monoisotopic (exact) mass is 451 g/mol. The molecular formula is C22H24BrF2NO2. The Bertz CT molecular complexity index is 839. The number of aryl methyl sites for hydroxylation is 1. The van der Waals surface area contributed by atoms with Crippen LogP contribution in [0.4, 0.5) is 8.78 Å². The summed E-state index contributed by atoms with van der Waals surface area (Å²) >= 11 is 3.48. The maximum Gasteiger partial charge on any atom is 0.129 e. The van der Waals surface area contributed by atoms with Crippen molar-refractivity contribution in [2.24, 2.45) is 0 Å². The minimum Gasteiger partial charge on any atom is -0.489 e. The van der Waals surface area contributed by atoms with Crippen LogP contribution >= 0.6 is 15.9 Å². The van der Waals surface area contributed by atoms with Crippen molar-refractivity contribution in [1.82, 2.24) is 4.90 Å². The Morgan fingerprint density at radius 3 is 2.71 bits per heavy atom. The third-order valence-corrected chi connectivity index (χ3v) is 6.17. The molecule has 0 bridgehead atoms. The molecule has 3 nitrogen and oxygen atoms in total. The summed E-state index contributed by atoms with van der Waals surface area (Å²) in [4.78, 5) is 2.40. The fourth-order valence-electron chi connectivity index (χ4n) is 4.14. The van der Waals surface area contributed by atoms with E-state index >= 15 is 0 Å². The van der Waals surface area contributed by atoms with Crippen LogP contribution in [0, 0.1) is 18.6 Å². The van der Waals surface area contributed by atoms with Gasteiger partial charge in [0.2, 0.25) is 0 Å². The number of hydrogen-bond acceptors (Lipinski definition) is 3. The zero-order chi connectivity index (χ0) is 19.7. The summed E-state index contributed by atoms with van der Waals surface area (Å²) in [5, 5.41) is 0. The Hall–Kier alpha value is -1.50. The molecule has 0 saturated carbocycles. The van der Waals surface area contributed by atoms with Gasteiger partial charge in [-0.15, -0.1) is 0 Å². The molecule has 0 N–H and O–H groups in total. The van der Waals surface area contributed by atoms with Crippen LogP contribution in [0.15, 0.2) is 40.9 Å². The molecule has 3 atom stereocenters. The van der Waals surface area contributed by atoms with Gasteiger partial charge < -0.3 is 9.47 Å². The molecule has 0 radical (unpaired) electrons. The second-order valence-electron chi connectivity index (χ2n) is 7.65. The molecule has 2 heterocycles. The van der Waals surface area contributed by atoms with Crippen molar-refractivity contribution in [1.29, 1.82) is 0 Å². The minimum absolute atomic E-state index is 0.165. The van der Waals surface area contributed by atoms with Crippen molar-refractivity contribution in [3.05, 3.63) is 63.6 Å². The van der Waals surface area contributed by atoms with Crippen LogP contribution in [0.2, 0.25) is 0 Å².